The van der Waals surface area contributed by atoms with Crippen LogP contribution in [0, 0.1) is 0 Å². The Kier molecular flexibility index (Phi) is 8.52. The third-order valence-electron chi connectivity index (χ3n) is 5.08. The van der Waals surface area contributed by atoms with Crippen LogP contribution >= 0.6 is 0 Å². The van der Waals surface area contributed by atoms with E-state index in [0.29, 0.717) is 18.4 Å². The van der Waals surface area contributed by atoms with Gasteiger partial charge in [-0.2, -0.15) is 0 Å². The standard InChI is InChI=1S/C22H33NO3/c1-4-5-9-16-26-20-14-12-18(17-21(20)25-3)13-15-22(24)23(2)19-10-7-6-8-11-19/h12-15,17,19H,4-11,16H2,1-3H3/b15-13+. The maximum absolute atomic E-state index is 12.4. The molecule has 1 aromatic rings. The van der Waals surface area contributed by atoms with Gasteiger partial charge in [-0.25, -0.2) is 0 Å². The maximum Gasteiger partial charge on any atom is 0.246 e. The molecule has 0 aliphatic heterocycles. The summed E-state index contributed by atoms with van der Waals surface area (Å²) in [6, 6.07) is 6.18. The zero-order chi connectivity index (χ0) is 18.8. The highest BCUT2D eigenvalue weighted by Gasteiger charge is 2.20. The minimum atomic E-state index is 0.0655. The summed E-state index contributed by atoms with van der Waals surface area (Å²) in [4.78, 5) is 14.3. The summed E-state index contributed by atoms with van der Waals surface area (Å²) >= 11 is 0. The lowest BCUT2D eigenvalue weighted by Gasteiger charge is -2.30. The first-order chi connectivity index (χ1) is 12.7. The first kappa shape index (κ1) is 20.3. The summed E-state index contributed by atoms with van der Waals surface area (Å²) in [5.41, 5.74) is 0.938. The van der Waals surface area contributed by atoms with Gasteiger partial charge >= 0.3 is 0 Å². The Morgan fingerprint density at radius 3 is 2.65 bits per heavy atom. The van der Waals surface area contributed by atoms with Crippen LogP contribution in [0.2, 0.25) is 0 Å². The van der Waals surface area contributed by atoms with Crippen LogP contribution in [0.15, 0.2) is 24.3 Å². The van der Waals surface area contributed by atoms with E-state index in [2.05, 4.69) is 6.92 Å². The number of amides is 1. The molecule has 1 amide bonds. The SMILES string of the molecule is CCCCCOc1ccc(/C=C/C(=O)N(C)C2CCCCC2)cc1OC. The number of nitrogens with zero attached hydrogens (tertiary/aromatic N) is 1. The Morgan fingerprint density at radius 2 is 1.96 bits per heavy atom. The van der Waals surface area contributed by atoms with E-state index in [1.165, 1.54) is 32.1 Å². The molecule has 1 aliphatic rings. The molecule has 144 valence electrons. The second-order valence-corrected chi connectivity index (χ2v) is 7.04. The monoisotopic (exact) mass is 359 g/mol. The molecule has 0 saturated heterocycles. The lowest BCUT2D eigenvalue weighted by Crippen LogP contribution is -2.37. The van der Waals surface area contributed by atoms with Crippen molar-refractivity contribution in [1.29, 1.82) is 0 Å². The summed E-state index contributed by atoms with van der Waals surface area (Å²) in [6.07, 6.45) is 12.9. The van der Waals surface area contributed by atoms with Crippen molar-refractivity contribution in [1.82, 2.24) is 4.90 Å². The second-order valence-electron chi connectivity index (χ2n) is 7.04. The number of hydrogen-bond acceptors (Lipinski definition) is 3. The first-order valence-electron chi connectivity index (χ1n) is 9.91. The molecule has 0 atom stereocenters. The Balaban J connectivity index is 1.95. The number of carbonyl (C=O) groups excluding carboxylic acids is 1. The molecule has 0 heterocycles. The predicted molar refractivity (Wildman–Crippen MR) is 107 cm³/mol. The van der Waals surface area contributed by atoms with Crippen LogP contribution < -0.4 is 9.47 Å². The number of unbranched alkanes of at least 4 members (excludes halogenated alkanes) is 2. The van der Waals surface area contributed by atoms with Crippen LogP contribution in [0.5, 0.6) is 11.5 Å². The molecular formula is C22H33NO3. The average Bonchev–Trinajstić information content (AvgIpc) is 2.69. The van der Waals surface area contributed by atoms with Crippen LogP contribution in [0.25, 0.3) is 6.08 Å². The van der Waals surface area contributed by atoms with Gasteiger partial charge in [0.2, 0.25) is 5.91 Å². The molecule has 1 aliphatic carbocycles. The fourth-order valence-corrected chi connectivity index (χ4v) is 3.37. The van der Waals surface area contributed by atoms with Crippen LogP contribution in [0.3, 0.4) is 0 Å². The maximum atomic E-state index is 12.4. The molecule has 0 radical (unpaired) electrons. The van der Waals surface area contributed by atoms with Gasteiger partial charge in [-0.1, -0.05) is 45.1 Å². The smallest absolute Gasteiger partial charge is 0.246 e. The summed E-state index contributed by atoms with van der Waals surface area (Å²) in [7, 11) is 3.56. The fourth-order valence-electron chi connectivity index (χ4n) is 3.37. The highest BCUT2D eigenvalue weighted by Crippen LogP contribution is 2.29. The second kappa shape index (κ2) is 10.9. The van der Waals surface area contributed by atoms with Crippen molar-refractivity contribution in [3.63, 3.8) is 0 Å². The molecule has 1 fully saturated rings. The molecule has 4 heteroatoms. The van der Waals surface area contributed by atoms with Crippen molar-refractivity contribution >= 4 is 12.0 Å². The fraction of sp³-hybridized carbons (Fsp3) is 0.591. The van der Waals surface area contributed by atoms with Gasteiger partial charge in [0.05, 0.1) is 13.7 Å². The molecule has 0 N–H and O–H groups in total. The van der Waals surface area contributed by atoms with Crippen molar-refractivity contribution in [2.45, 2.75) is 64.3 Å². The molecule has 2 rings (SSSR count). The van der Waals surface area contributed by atoms with Crippen molar-refractivity contribution in [3.05, 3.63) is 29.8 Å². The van der Waals surface area contributed by atoms with Gasteiger partial charge in [0.25, 0.3) is 0 Å². The molecule has 0 aromatic heterocycles. The number of carbonyl (C=O) groups is 1. The summed E-state index contributed by atoms with van der Waals surface area (Å²) in [6.45, 7) is 2.87. The van der Waals surface area contributed by atoms with E-state index in [4.69, 9.17) is 9.47 Å². The molecule has 4 nitrogen and oxygen atoms in total. The first-order valence-corrected chi connectivity index (χ1v) is 9.91. The van der Waals surface area contributed by atoms with E-state index in [1.54, 1.807) is 13.2 Å². The van der Waals surface area contributed by atoms with Gasteiger partial charge in [-0.3, -0.25) is 4.79 Å². The Hall–Kier alpha value is -1.97. The van der Waals surface area contributed by atoms with Crippen molar-refractivity contribution in [3.8, 4) is 11.5 Å². The molecule has 26 heavy (non-hydrogen) atoms. The highest BCUT2D eigenvalue weighted by molar-refractivity contribution is 5.91. The molecule has 0 spiro atoms. The lowest BCUT2D eigenvalue weighted by atomic mass is 9.94. The highest BCUT2D eigenvalue weighted by atomic mass is 16.5. The number of rotatable bonds is 9. The molecule has 0 bridgehead atoms. The van der Waals surface area contributed by atoms with Crippen LogP contribution in [-0.4, -0.2) is 37.6 Å². The summed E-state index contributed by atoms with van der Waals surface area (Å²) in [5, 5.41) is 0. The number of benzene rings is 1. The van der Waals surface area contributed by atoms with Crippen LogP contribution in [0.1, 0.15) is 63.9 Å². The number of hydrogen-bond donors (Lipinski definition) is 0. The normalized spacial score (nSPS) is 15.2. The van der Waals surface area contributed by atoms with Crippen LogP contribution in [-0.2, 0) is 4.79 Å². The van der Waals surface area contributed by atoms with Crippen molar-refractivity contribution in [2.75, 3.05) is 20.8 Å². The molecule has 1 aromatic carbocycles. The van der Waals surface area contributed by atoms with Gasteiger partial charge in [0.1, 0.15) is 0 Å². The van der Waals surface area contributed by atoms with Crippen molar-refractivity contribution < 1.29 is 14.3 Å². The largest absolute Gasteiger partial charge is 0.493 e. The van der Waals surface area contributed by atoms with E-state index in [0.717, 1.165) is 30.6 Å². The van der Waals surface area contributed by atoms with Gasteiger partial charge < -0.3 is 14.4 Å². The van der Waals surface area contributed by atoms with Crippen molar-refractivity contribution in [2.24, 2.45) is 0 Å². The van der Waals surface area contributed by atoms with E-state index >= 15 is 0 Å². The summed E-state index contributed by atoms with van der Waals surface area (Å²) in [5.74, 6) is 1.53. The van der Waals surface area contributed by atoms with Crippen LogP contribution in [0.4, 0.5) is 0 Å². The average molecular weight is 360 g/mol. The minimum absolute atomic E-state index is 0.0655. The Labute approximate surface area is 158 Å². The molecular weight excluding hydrogens is 326 g/mol. The van der Waals surface area contributed by atoms with Gasteiger partial charge in [0.15, 0.2) is 11.5 Å². The zero-order valence-electron chi connectivity index (χ0n) is 16.5. The predicted octanol–water partition coefficient (Wildman–Crippen LogP) is 5.07. The third kappa shape index (κ3) is 6.08. The van der Waals surface area contributed by atoms with Gasteiger partial charge in [0, 0.05) is 19.2 Å². The third-order valence-corrected chi connectivity index (χ3v) is 5.08. The Bertz CT molecular complexity index is 591. The molecule has 1 saturated carbocycles. The van der Waals surface area contributed by atoms with E-state index < -0.39 is 0 Å². The Morgan fingerprint density at radius 1 is 1.19 bits per heavy atom. The van der Waals surface area contributed by atoms with E-state index in [9.17, 15) is 4.79 Å². The summed E-state index contributed by atoms with van der Waals surface area (Å²) < 4.78 is 11.2. The lowest BCUT2D eigenvalue weighted by molar-refractivity contribution is -0.127. The number of ether oxygens (including phenoxy) is 2. The van der Waals surface area contributed by atoms with Gasteiger partial charge in [-0.15, -0.1) is 0 Å². The van der Waals surface area contributed by atoms with E-state index in [1.807, 2.05) is 36.2 Å². The van der Waals surface area contributed by atoms with E-state index in [-0.39, 0.29) is 5.91 Å². The minimum Gasteiger partial charge on any atom is -0.493 e. The number of likely N-dealkylation sites (N-methyl/N-ethyl adjacent to an activating group) is 1. The van der Waals surface area contributed by atoms with Gasteiger partial charge in [-0.05, 0) is 43.0 Å². The number of methoxy groups -OCH3 is 1. The zero-order valence-corrected chi connectivity index (χ0v) is 16.5. The molecule has 0 unspecified atom stereocenters. The topological polar surface area (TPSA) is 38.8 Å². The quantitative estimate of drug-likeness (QED) is 0.456.